The van der Waals surface area contributed by atoms with Gasteiger partial charge in [0.2, 0.25) is 0 Å². The third kappa shape index (κ3) is 5.99. The molecule has 0 saturated heterocycles. The average Bonchev–Trinajstić information content (AvgIpc) is 1.87. The maximum absolute atomic E-state index is 12.5. The lowest BCUT2D eigenvalue weighted by Gasteiger charge is -2.04. The summed E-state index contributed by atoms with van der Waals surface area (Å²) < 4.78 is 24.6. The lowest BCUT2D eigenvalue weighted by atomic mass is 10.1. The number of rotatable bonds is 5. The van der Waals surface area contributed by atoms with Crippen molar-refractivity contribution in [2.24, 2.45) is 0 Å². The zero-order chi connectivity index (χ0) is 7.98. The van der Waals surface area contributed by atoms with Gasteiger partial charge in [-0.3, -0.25) is 0 Å². The van der Waals surface area contributed by atoms with Gasteiger partial charge in [0, 0.05) is 0 Å². The second-order valence-electron chi connectivity index (χ2n) is 2.72. The van der Waals surface area contributed by atoms with Gasteiger partial charge in [0.25, 0.3) is 0 Å². The van der Waals surface area contributed by atoms with Gasteiger partial charge in [0.1, 0.15) is 0 Å². The Bertz CT molecular complexity index is 71.7. The monoisotopic (exact) mass is 150 g/mol. The summed E-state index contributed by atoms with van der Waals surface area (Å²) in [6, 6.07) is 0. The van der Waals surface area contributed by atoms with Gasteiger partial charge in [-0.2, -0.15) is 0 Å². The van der Waals surface area contributed by atoms with Crippen LogP contribution in [0.15, 0.2) is 0 Å². The van der Waals surface area contributed by atoms with Gasteiger partial charge in [0.05, 0.1) is 12.3 Å². The third-order valence-electron chi connectivity index (χ3n) is 1.56. The van der Waals surface area contributed by atoms with E-state index in [2.05, 4.69) is 0 Å². The molecule has 0 aliphatic heterocycles. The van der Waals surface area contributed by atoms with Crippen molar-refractivity contribution >= 4 is 0 Å². The minimum Gasteiger partial charge on any atom is -0.248 e. The molecule has 0 rings (SSSR count). The van der Waals surface area contributed by atoms with Gasteiger partial charge in [-0.15, -0.1) is 0 Å². The van der Waals surface area contributed by atoms with Crippen LogP contribution in [0.2, 0.25) is 0 Å². The smallest absolute Gasteiger partial charge is 0.0999 e. The summed E-state index contributed by atoms with van der Waals surface area (Å²) in [5, 5.41) is 0. The quantitative estimate of drug-likeness (QED) is 0.564. The van der Waals surface area contributed by atoms with E-state index in [4.69, 9.17) is 0 Å². The van der Waals surface area contributed by atoms with Crippen molar-refractivity contribution in [3.05, 3.63) is 0 Å². The van der Waals surface area contributed by atoms with Gasteiger partial charge >= 0.3 is 0 Å². The zero-order valence-corrected chi connectivity index (χ0v) is 6.74. The first kappa shape index (κ1) is 9.86. The second-order valence-corrected chi connectivity index (χ2v) is 2.72. The molecule has 0 aliphatic rings. The molecule has 0 saturated carbocycles. The summed E-state index contributed by atoms with van der Waals surface area (Å²) in [4.78, 5) is 0. The fraction of sp³-hybridized carbons (Fsp3) is 1.00. The molecule has 0 bridgehead atoms. The van der Waals surface area contributed by atoms with Gasteiger partial charge in [0.15, 0.2) is 0 Å². The number of halogens is 2. The van der Waals surface area contributed by atoms with Crippen molar-refractivity contribution in [1.82, 2.24) is 0 Å². The molecule has 0 aromatic carbocycles. The molecular weight excluding hydrogens is 134 g/mol. The Morgan fingerprint density at radius 1 is 1.20 bits per heavy atom. The van der Waals surface area contributed by atoms with E-state index in [0.29, 0.717) is 25.7 Å². The maximum Gasteiger partial charge on any atom is 0.0999 e. The van der Waals surface area contributed by atoms with Crippen LogP contribution in [0.25, 0.3) is 0 Å². The molecule has 10 heavy (non-hydrogen) atoms. The Morgan fingerprint density at radius 2 is 1.80 bits per heavy atom. The van der Waals surface area contributed by atoms with Crippen molar-refractivity contribution in [2.45, 2.75) is 51.9 Å². The van der Waals surface area contributed by atoms with E-state index in [9.17, 15) is 8.78 Å². The van der Waals surface area contributed by atoms with Gasteiger partial charge in [-0.25, -0.2) is 8.78 Å². The molecule has 0 fully saturated rings. The first-order chi connectivity index (χ1) is 4.66. The Morgan fingerprint density at radius 3 is 2.20 bits per heavy atom. The number of hydrogen-bond donors (Lipinski definition) is 0. The van der Waals surface area contributed by atoms with E-state index in [1.807, 2.05) is 6.92 Å². The second kappa shape index (κ2) is 5.63. The molecule has 62 valence electrons. The highest BCUT2D eigenvalue weighted by Gasteiger charge is 2.04. The minimum atomic E-state index is -0.774. The highest BCUT2D eigenvalue weighted by Crippen LogP contribution is 2.10. The summed E-state index contributed by atoms with van der Waals surface area (Å²) in [6.45, 7) is 3.32. The first-order valence-corrected chi connectivity index (χ1v) is 3.95. The molecule has 0 N–H and O–H groups in total. The molecule has 0 amide bonds. The fourth-order valence-corrected chi connectivity index (χ4v) is 0.825. The van der Waals surface area contributed by atoms with E-state index in [1.54, 1.807) is 0 Å². The highest BCUT2D eigenvalue weighted by molar-refractivity contribution is 4.55. The summed E-state index contributed by atoms with van der Waals surface area (Å²) in [7, 11) is 0. The number of hydrogen-bond acceptors (Lipinski definition) is 0. The van der Waals surface area contributed by atoms with E-state index in [0.717, 1.165) is 0 Å². The largest absolute Gasteiger partial charge is 0.248 e. The van der Waals surface area contributed by atoms with Crippen LogP contribution in [0.5, 0.6) is 0 Å². The Kier molecular flexibility index (Phi) is 5.55. The fourth-order valence-electron chi connectivity index (χ4n) is 0.825. The van der Waals surface area contributed by atoms with E-state index in [-0.39, 0.29) is 0 Å². The van der Waals surface area contributed by atoms with Crippen molar-refractivity contribution in [2.75, 3.05) is 0 Å². The van der Waals surface area contributed by atoms with Crippen molar-refractivity contribution in [3.8, 4) is 0 Å². The minimum absolute atomic E-state index is 0.500. The molecule has 2 heteroatoms. The molecule has 0 aromatic rings. The molecule has 2 unspecified atom stereocenters. The van der Waals surface area contributed by atoms with Crippen LogP contribution in [0.4, 0.5) is 8.78 Å². The topological polar surface area (TPSA) is 0 Å². The Labute approximate surface area is 61.6 Å². The molecule has 0 aromatic heterocycles. The predicted octanol–water partition coefficient (Wildman–Crippen LogP) is 3.26. The van der Waals surface area contributed by atoms with Crippen molar-refractivity contribution in [3.63, 3.8) is 0 Å². The highest BCUT2D eigenvalue weighted by atomic mass is 19.1. The lowest BCUT2D eigenvalue weighted by Crippen LogP contribution is -1.99. The van der Waals surface area contributed by atoms with Crippen LogP contribution in [0, 0.1) is 0 Å². The maximum atomic E-state index is 12.5. The summed E-state index contributed by atoms with van der Waals surface area (Å²) in [5.74, 6) is 0. The van der Waals surface area contributed by atoms with Crippen LogP contribution in [-0.2, 0) is 0 Å². The molecule has 0 nitrogen and oxygen atoms in total. The van der Waals surface area contributed by atoms with E-state index >= 15 is 0 Å². The van der Waals surface area contributed by atoms with E-state index in [1.165, 1.54) is 6.92 Å². The molecule has 0 heterocycles. The van der Waals surface area contributed by atoms with Crippen LogP contribution in [-0.4, -0.2) is 12.3 Å². The molecular formula is C8H16F2. The average molecular weight is 150 g/mol. The molecule has 0 radical (unpaired) electrons. The van der Waals surface area contributed by atoms with Gasteiger partial charge < -0.3 is 0 Å². The summed E-state index contributed by atoms with van der Waals surface area (Å²) in [6.07, 6.45) is 0.751. The first-order valence-electron chi connectivity index (χ1n) is 3.95. The van der Waals surface area contributed by atoms with Gasteiger partial charge in [-0.05, 0) is 32.6 Å². The van der Waals surface area contributed by atoms with Crippen molar-refractivity contribution < 1.29 is 8.78 Å². The molecule has 0 aliphatic carbocycles. The molecule has 0 spiro atoms. The Balaban J connectivity index is 3.03. The van der Waals surface area contributed by atoms with Crippen LogP contribution in [0.1, 0.15) is 39.5 Å². The standard InChI is InChI=1S/C8H16F2/c1-3-8(10)6-4-5-7(2)9/h7-8H,3-6H2,1-2H3. The third-order valence-corrected chi connectivity index (χ3v) is 1.56. The lowest BCUT2D eigenvalue weighted by molar-refractivity contribution is 0.273. The van der Waals surface area contributed by atoms with Crippen molar-refractivity contribution in [1.29, 1.82) is 0 Å². The van der Waals surface area contributed by atoms with Gasteiger partial charge in [-0.1, -0.05) is 6.92 Å². The van der Waals surface area contributed by atoms with Crippen LogP contribution < -0.4 is 0 Å². The van der Waals surface area contributed by atoms with Crippen LogP contribution >= 0.6 is 0 Å². The normalized spacial score (nSPS) is 16.8. The number of alkyl halides is 2. The molecule has 2 atom stereocenters. The Hall–Kier alpha value is -0.140. The SMILES string of the molecule is CCC(F)CCCC(C)F. The predicted molar refractivity (Wildman–Crippen MR) is 39.6 cm³/mol. The summed E-state index contributed by atoms with van der Waals surface area (Å²) in [5.41, 5.74) is 0. The van der Waals surface area contributed by atoms with Crippen LogP contribution in [0.3, 0.4) is 0 Å². The zero-order valence-electron chi connectivity index (χ0n) is 6.74. The summed E-state index contributed by atoms with van der Waals surface area (Å²) >= 11 is 0. The van der Waals surface area contributed by atoms with E-state index < -0.39 is 12.3 Å².